The number of benzene rings is 2. The number of methoxy groups -OCH3 is 1. The molecule has 38 heavy (non-hydrogen) atoms. The van der Waals surface area contributed by atoms with Crippen LogP contribution in [0.3, 0.4) is 0 Å². The van der Waals surface area contributed by atoms with Gasteiger partial charge in [-0.15, -0.1) is 0 Å². The summed E-state index contributed by atoms with van der Waals surface area (Å²) in [4.78, 5) is 30.2. The van der Waals surface area contributed by atoms with E-state index < -0.39 is 0 Å². The topological polar surface area (TPSA) is 103 Å². The zero-order chi connectivity index (χ0) is 26.3. The summed E-state index contributed by atoms with van der Waals surface area (Å²) in [6, 6.07) is 15.9. The Morgan fingerprint density at radius 2 is 1.92 bits per heavy atom. The van der Waals surface area contributed by atoms with Crippen LogP contribution in [0.1, 0.15) is 24.2 Å². The molecule has 0 radical (unpaired) electrons. The smallest absolute Gasteiger partial charge is 0.322 e. The molecule has 1 fully saturated rings. The average Bonchev–Trinajstić information content (AvgIpc) is 3.71. The molecule has 10 nitrogen and oxygen atoms in total. The number of anilines is 1. The number of amides is 3. The van der Waals surface area contributed by atoms with Gasteiger partial charge in [-0.1, -0.05) is 12.1 Å². The number of carbonyl (C=O) groups excluding carboxylic acids is 2. The molecule has 2 aromatic carbocycles. The Hall–Kier alpha value is -4.18. The molecule has 200 valence electrons. The fraction of sp³-hybridized carbons (Fsp3) is 0.357. The van der Waals surface area contributed by atoms with E-state index in [1.54, 1.807) is 48.6 Å². The first-order valence-electron chi connectivity index (χ1n) is 12.6. The second-order valence-corrected chi connectivity index (χ2v) is 9.19. The first-order valence-corrected chi connectivity index (χ1v) is 12.6. The van der Waals surface area contributed by atoms with Crippen LogP contribution in [0.25, 0.3) is 0 Å². The van der Waals surface area contributed by atoms with Crippen LogP contribution in [0.15, 0.2) is 65.3 Å². The molecule has 2 aliphatic heterocycles. The van der Waals surface area contributed by atoms with Crippen LogP contribution in [-0.2, 0) is 22.6 Å². The van der Waals surface area contributed by atoms with E-state index in [2.05, 4.69) is 5.32 Å². The molecular weight excluding hydrogens is 490 g/mol. The van der Waals surface area contributed by atoms with Gasteiger partial charge in [-0.2, -0.15) is 0 Å². The first-order chi connectivity index (χ1) is 18.6. The lowest BCUT2D eigenvalue weighted by molar-refractivity contribution is -0.133. The Bertz CT molecular complexity index is 1240. The van der Waals surface area contributed by atoms with Gasteiger partial charge < -0.3 is 38.5 Å². The highest BCUT2D eigenvalue weighted by Crippen LogP contribution is 2.33. The minimum absolute atomic E-state index is 0.119. The summed E-state index contributed by atoms with van der Waals surface area (Å²) in [6.07, 6.45) is 3.22. The monoisotopic (exact) mass is 521 g/mol. The Balaban J connectivity index is 1.33. The quantitative estimate of drug-likeness (QED) is 0.425. The molecule has 0 aliphatic carbocycles. The summed E-state index contributed by atoms with van der Waals surface area (Å²) in [5.41, 5.74) is 1.45. The lowest BCUT2D eigenvalue weighted by Gasteiger charge is -2.29. The zero-order valence-corrected chi connectivity index (χ0v) is 21.3. The van der Waals surface area contributed by atoms with Gasteiger partial charge in [-0.05, 0) is 54.8 Å². The van der Waals surface area contributed by atoms with Crippen molar-refractivity contribution in [1.29, 1.82) is 0 Å². The number of ether oxygens (including phenoxy) is 4. The third kappa shape index (κ3) is 6.38. The fourth-order valence-corrected chi connectivity index (χ4v) is 4.50. The molecule has 0 bridgehead atoms. The van der Waals surface area contributed by atoms with Gasteiger partial charge >= 0.3 is 6.03 Å². The van der Waals surface area contributed by atoms with Crippen molar-refractivity contribution >= 4 is 17.6 Å². The van der Waals surface area contributed by atoms with E-state index in [4.69, 9.17) is 23.4 Å². The average molecular weight is 522 g/mol. The summed E-state index contributed by atoms with van der Waals surface area (Å²) in [6.45, 7) is 1.57. The second kappa shape index (κ2) is 11.9. The molecule has 5 rings (SSSR count). The highest BCUT2D eigenvalue weighted by atomic mass is 16.7. The Morgan fingerprint density at radius 3 is 2.71 bits per heavy atom. The molecule has 1 saturated heterocycles. The number of hydrogen-bond acceptors (Lipinski definition) is 7. The number of nitrogens with one attached hydrogen (secondary N) is 1. The predicted octanol–water partition coefficient (Wildman–Crippen LogP) is 4.26. The van der Waals surface area contributed by atoms with Crippen LogP contribution >= 0.6 is 0 Å². The number of fused-ring (bicyclic) bond motifs is 1. The number of nitrogens with zero attached hydrogens (tertiary/aromatic N) is 2. The summed E-state index contributed by atoms with van der Waals surface area (Å²) in [5.74, 6) is 2.36. The van der Waals surface area contributed by atoms with Gasteiger partial charge in [0.2, 0.25) is 12.7 Å². The molecule has 1 atom stereocenters. The van der Waals surface area contributed by atoms with E-state index in [9.17, 15) is 9.59 Å². The summed E-state index contributed by atoms with van der Waals surface area (Å²) in [5, 5.41) is 2.89. The van der Waals surface area contributed by atoms with Crippen molar-refractivity contribution in [2.24, 2.45) is 0 Å². The van der Waals surface area contributed by atoms with Gasteiger partial charge in [0.15, 0.2) is 11.5 Å². The van der Waals surface area contributed by atoms with Crippen LogP contribution in [0.4, 0.5) is 10.5 Å². The van der Waals surface area contributed by atoms with Gasteiger partial charge in [0.25, 0.3) is 0 Å². The van der Waals surface area contributed by atoms with E-state index in [1.807, 2.05) is 24.3 Å². The third-order valence-corrected chi connectivity index (χ3v) is 6.47. The van der Waals surface area contributed by atoms with Crippen LogP contribution in [0.5, 0.6) is 17.2 Å². The van der Waals surface area contributed by atoms with Gasteiger partial charge in [0.05, 0.1) is 26.0 Å². The number of carbonyl (C=O) groups is 2. The van der Waals surface area contributed by atoms with Crippen molar-refractivity contribution in [2.75, 3.05) is 38.9 Å². The Morgan fingerprint density at radius 1 is 1.03 bits per heavy atom. The molecule has 2 aliphatic rings. The SMILES string of the molecule is COc1cccc(NC(=O)N(CC(=O)N(Cc2ccc3c(c2)OCO3)Cc2ccco2)CC2CCCO2)c1. The molecule has 0 saturated carbocycles. The lowest BCUT2D eigenvalue weighted by Crippen LogP contribution is -2.46. The molecule has 1 aromatic heterocycles. The minimum Gasteiger partial charge on any atom is -0.497 e. The highest BCUT2D eigenvalue weighted by molar-refractivity contribution is 5.92. The Kier molecular flexibility index (Phi) is 7.98. The van der Waals surface area contributed by atoms with Crippen molar-refractivity contribution in [2.45, 2.75) is 32.0 Å². The lowest BCUT2D eigenvalue weighted by atomic mass is 10.1. The van der Waals surface area contributed by atoms with Crippen LogP contribution < -0.4 is 19.5 Å². The largest absolute Gasteiger partial charge is 0.497 e. The van der Waals surface area contributed by atoms with E-state index >= 15 is 0 Å². The number of hydrogen-bond donors (Lipinski definition) is 1. The number of urea groups is 1. The van der Waals surface area contributed by atoms with E-state index in [-0.39, 0.29) is 37.9 Å². The van der Waals surface area contributed by atoms with Crippen LogP contribution in [0.2, 0.25) is 0 Å². The maximum atomic E-state index is 13.7. The summed E-state index contributed by atoms with van der Waals surface area (Å²) < 4.78 is 27.5. The van der Waals surface area contributed by atoms with Crippen LogP contribution in [-0.4, -0.2) is 61.4 Å². The molecular formula is C28H31N3O7. The molecule has 10 heteroatoms. The second-order valence-electron chi connectivity index (χ2n) is 9.19. The molecule has 0 spiro atoms. The van der Waals surface area contributed by atoms with Crippen molar-refractivity contribution < 1.29 is 33.0 Å². The van der Waals surface area contributed by atoms with Gasteiger partial charge in [-0.3, -0.25) is 4.79 Å². The van der Waals surface area contributed by atoms with Gasteiger partial charge in [0.1, 0.15) is 18.1 Å². The van der Waals surface area contributed by atoms with Gasteiger partial charge in [-0.25, -0.2) is 4.79 Å². The van der Waals surface area contributed by atoms with E-state index in [0.717, 1.165) is 18.4 Å². The third-order valence-electron chi connectivity index (χ3n) is 6.47. The minimum atomic E-state index is -0.386. The van der Waals surface area contributed by atoms with Crippen molar-refractivity contribution in [3.63, 3.8) is 0 Å². The number of rotatable bonds is 10. The number of furan rings is 1. The van der Waals surface area contributed by atoms with E-state index in [0.29, 0.717) is 48.4 Å². The molecule has 3 amide bonds. The molecule has 3 aromatic rings. The van der Waals surface area contributed by atoms with Crippen molar-refractivity contribution in [3.8, 4) is 17.2 Å². The molecule has 1 N–H and O–H groups in total. The normalized spacial score (nSPS) is 15.8. The highest BCUT2D eigenvalue weighted by Gasteiger charge is 2.27. The maximum absolute atomic E-state index is 13.7. The molecule has 3 heterocycles. The predicted molar refractivity (Wildman–Crippen MR) is 138 cm³/mol. The van der Waals surface area contributed by atoms with Gasteiger partial charge in [0, 0.05) is 31.5 Å². The summed E-state index contributed by atoms with van der Waals surface area (Å²) >= 11 is 0. The van der Waals surface area contributed by atoms with E-state index in [1.165, 1.54) is 4.90 Å². The van der Waals surface area contributed by atoms with Crippen LogP contribution in [0, 0.1) is 0 Å². The first kappa shape index (κ1) is 25.5. The molecule has 1 unspecified atom stereocenters. The maximum Gasteiger partial charge on any atom is 0.322 e. The zero-order valence-electron chi connectivity index (χ0n) is 21.3. The Labute approximate surface area is 221 Å². The van der Waals surface area contributed by atoms with Crippen molar-refractivity contribution in [3.05, 3.63) is 72.2 Å². The standard InChI is InChI=1S/C28H31N3O7/c1-34-22-6-2-5-21(14-22)29-28(33)31(17-24-8-4-12-36-24)18-27(32)30(16-23-7-3-11-35-23)15-20-9-10-25-26(13-20)38-19-37-25/h2-3,5-7,9-11,13-14,24H,4,8,12,15-19H2,1H3,(H,29,33). The fourth-order valence-electron chi connectivity index (χ4n) is 4.50. The summed E-state index contributed by atoms with van der Waals surface area (Å²) in [7, 11) is 1.57. The van der Waals surface area contributed by atoms with Crippen molar-refractivity contribution in [1.82, 2.24) is 9.80 Å².